The number of nitrogens with one attached hydrogen (secondary N) is 1. The third kappa shape index (κ3) is 6.72. The van der Waals surface area contributed by atoms with Crippen LogP contribution in [0.25, 0.3) is 0 Å². The van der Waals surface area contributed by atoms with E-state index in [1.54, 1.807) is 36.9 Å². The maximum absolute atomic E-state index is 12.5. The summed E-state index contributed by atoms with van der Waals surface area (Å²) >= 11 is 7.64. The Labute approximate surface area is 176 Å². The molecule has 0 spiro atoms. The molecule has 1 atom stereocenters. The molecule has 0 aliphatic rings. The summed E-state index contributed by atoms with van der Waals surface area (Å²) in [6.07, 6.45) is 1.11. The van der Waals surface area contributed by atoms with Gasteiger partial charge in [0.05, 0.1) is 11.9 Å². The van der Waals surface area contributed by atoms with Crippen LogP contribution in [0.4, 0.5) is 5.69 Å². The molecule has 152 valence electrons. The van der Waals surface area contributed by atoms with Crippen molar-refractivity contribution in [3.8, 4) is 0 Å². The Balaban J connectivity index is 1.90. The number of sulfonamides is 1. The third-order valence-electron chi connectivity index (χ3n) is 4.05. The zero-order valence-corrected chi connectivity index (χ0v) is 18.6. The fraction of sp³-hybridized carbons (Fsp3) is 0.350. The van der Waals surface area contributed by atoms with Gasteiger partial charge in [-0.2, -0.15) is 11.8 Å². The maximum atomic E-state index is 12.5. The Morgan fingerprint density at radius 3 is 2.57 bits per heavy atom. The van der Waals surface area contributed by atoms with E-state index in [1.807, 2.05) is 37.3 Å². The van der Waals surface area contributed by atoms with E-state index in [1.165, 1.54) is 0 Å². The molecule has 0 saturated heterocycles. The van der Waals surface area contributed by atoms with Crippen LogP contribution >= 0.6 is 23.4 Å². The summed E-state index contributed by atoms with van der Waals surface area (Å²) in [4.78, 5) is 12.5. The van der Waals surface area contributed by atoms with Gasteiger partial charge in [0.15, 0.2) is 0 Å². The first-order valence-electron chi connectivity index (χ1n) is 8.84. The maximum Gasteiger partial charge on any atom is 0.243 e. The van der Waals surface area contributed by atoms with Gasteiger partial charge in [-0.15, -0.1) is 0 Å². The standard InChI is InChI=1S/C20H25ClN2O3S2/c1-15-6-4-9-19(12-15)23(28(3,25)26)16(2)20(24)22-10-11-27-14-17-7-5-8-18(21)13-17/h4-9,12-13,16H,10-11,14H2,1-3H3,(H,22,24). The normalized spacial score (nSPS) is 12.4. The van der Waals surface area contributed by atoms with Gasteiger partial charge >= 0.3 is 0 Å². The number of halogens is 1. The lowest BCUT2D eigenvalue weighted by Crippen LogP contribution is -2.48. The quantitative estimate of drug-likeness (QED) is 0.601. The molecule has 2 aromatic rings. The minimum atomic E-state index is -3.60. The van der Waals surface area contributed by atoms with E-state index in [-0.39, 0.29) is 5.91 Å². The number of thioether (sulfide) groups is 1. The van der Waals surface area contributed by atoms with Crippen molar-refractivity contribution in [1.82, 2.24) is 5.32 Å². The average molecular weight is 441 g/mol. The minimum Gasteiger partial charge on any atom is -0.353 e. The summed E-state index contributed by atoms with van der Waals surface area (Å²) in [5.41, 5.74) is 2.54. The molecule has 28 heavy (non-hydrogen) atoms. The SMILES string of the molecule is Cc1cccc(N(C(C)C(=O)NCCSCc2cccc(Cl)c2)S(C)(=O)=O)c1. The second-order valence-corrected chi connectivity index (χ2v) is 9.95. The van der Waals surface area contributed by atoms with Gasteiger partial charge in [-0.25, -0.2) is 8.42 Å². The molecule has 0 fully saturated rings. The van der Waals surface area contributed by atoms with Crippen molar-refractivity contribution in [3.63, 3.8) is 0 Å². The van der Waals surface area contributed by atoms with Gasteiger partial charge < -0.3 is 5.32 Å². The highest BCUT2D eigenvalue weighted by Gasteiger charge is 2.28. The van der Waals surface area contributed by atoms with E-state index in [0.29, 0.717) is 23.0 Å². The van der Waals surface area contributed by atoms with E-state index in [4.69, 9.17) is 11.6 Å². The summed E-state index contributed by atoms with van der Waals surface area (Å²) in [5, 5.41) is 3.53. The molecular weight excluding hydrogens is 416 g/mol. The number of hydrogen-bond acceptors (Lipinski definition) is 4. The van der Waals surface area contributed by atoms with Crippen LogP contribution in [0.3, 0.4) is 0 Å². The average Bonchev–Trinajstić information content (AvgIpc) is 2.60. The molecular formula is C20H25ClN2O3S2. The van der Waals surface area contributed by atoms with Gasteiger partial charge in [-0.1, -0.05) is 35.9 Å². The van der Waals surface area contributed by atoms with Crippen LogP contribution in [-0.2, 0) is 20.6 Å². The van der Waals surface area contributed by atoms with Crippen LogP contribution in [0.2, 0.25) is 5.02 Å². The Bertz CT molecular complexity index is 919. The van der Waals surface area contributed by atoms with Crippen molar-refractivity contribution in [3.05, 3.63) is 64.7 Å². The van der Waals surface area contributed by atoms with Gasteiger partial charge in [-0.05, 0) is 49.2 Å². The van der Waals surface area contributed by atoms with Crippen LogP contribution in [0.1, 0.15) is 18.1 Å². The first-order valence-corrected chi connectivity index (χ1v) is 12.2. The predicted octanol–water partition coefficient (Wildman–Crippen LogP) is 3.85. The number of nitrogens with zero attached hydrogens (tertiary/aromatic N) is 1. The summed E-state index contributed by atoms with van der Waals surface area (Å²) in [6, 6.07) is 13.9. The van der Waals surface area contributed by atoms with Crippen molar-refractivity contribution in [1.29, 1.82) is 0 Å². The smallest absolute Gasteiger partial charge is 0.243 e. The Hall–Kier alpha value is -1.70. The van der Waals surface area contributed by atoms with Gasteiger partial charge in [0.1, 0.15) is 6.04 Å². The number of benzene rings is 2. The molecule has 0 aliphatic heterocycles. The Kier molecular flexibility index (Phi) is 8.22. The molecule has 1 N–H and O–H groups in total. The zero-order chi connectivity index (χ0) is 20.7. The number of aryl methyl sites for hydroxylation is 1. The molecule has 0 saturated carbocycles. The Morgan fingerprint density at radius 1 is 1.21 bits per heavy atom. The second-order valence-electron chi connectivity index (χ2n) is 6.55. The zero-order valence-electron chi connectivity index (χ0n) is 16.2. The highest BCUT2D eigenvalue weighted by molar-refractivity contribution is 7.98. The molecule has 0 aromatic heterocycles. The van der Waals surface area contributed by atoms with Crippen LogP contribution in [0.15, 0.2) is 48.5 Å². The van der Waals surface area contributed by atoms with Gasteiger partial charge in [0, 0.05) is 23.1 Å². The third-order valence-corrected chi connectivity index (χ3v) is 6.56. The molecule has 0 bridgehead atoms. The van der Waals surface area contributed by atoms with E-state index < -0.39 is 16.1 Å². The van der Waals surface area contributed by atoms with Crippen LogP contribution < -0.4 is 9.62 Å². The summed E-state index contributed by atoms with van der Waals surface area (Å²) in [7, 11) is -3.60. The van der Waals surface area contributed by atoms with E-state index >= 15 is 0 Å². The van der Waals surface area contributed by atoms with E-state index in [2.05, 4.69) is 5.32 Å². The fourth-order valence-electron chi connectivity index (χ4n) is 2.78. The Morgan fingerprint density at radius 2 is 1.93 bits per heavy atom. The largest absolute Gasteiger partial charge is 0.353 e. The number of carbonyl (C=O) groups is 1. The van der Waals surface area contributed by atoms with Crippen LogP contribution in [-0.4, -0.2) is 38.9 Å². The number of anilines is 1. The predicted molar refractivity (Wildman–Crippen MR) is 119 cm³/mol. The summed E-state index contributed by atoms with van der Waals surface area (Å²) in [5.74, 6) is 1.19. The molecule has 5 nitrogen and oxygen atoms in total. The number of hydrogen-bond donors (Lipinski definition) is 1. The fourth-order valence-corrected chi connectivity index (χ4v) is 4.97. The molecule has 8 heteroatoms. The van der Waals surface area contributed by atoms with Crippen molar-refractivity contribution in [2.45, 2.75) is 25.6 Å². The molecule has 2 aromatic carbocycles. The highest BCUT2D eigenvalue weighted by Crippen LogP contribution is 2.22. The summed E-state index contributed by atoms with van der Waals surface area (Å²) in [6.45, 7) is 3.93. The van der Waals surface area contributed by atoms with Gasteiger partial charge in [0.25, 0.3) is 0 Å². The lowest BCUT2D eigenvalue weighted by atomic mass is 10.2. The lowest BCUT2D eigenvalue weighted by Gasteiger charge is -2.28. The van der Waals surface area contributed by atoms with Gasteiger partial charge in [-0.3, -0.25) is 9.10 Å². The van der Waals surface area contributed by atoms with Crippen LogP contribution in [0.5, 0.6) is 0 Å². The monoisotopic (exact) mass is 440 g/mol. The molecule has 1 unspecified atom stereocenters. The van der Waals surface area contributed by atoms with Crippen molar-refractivity contribution in [2.24, 2.45) is 0 Å². The topological polar surface area (TPSA) is 66.5 Å². The molecule has 2 rings (SSSR count). The van der Waals surface area contributed by atoms with Gasteiger partial charge in [0.2, 0.25) is 15.9 Å². The molecule has 1 amide bonds. The van der Waals surface area contributed by atoms with Crippen molar-refractivity contribution < 1.29 is 13.2 Å². The molecule has 0 aliphatic carbocycles. The van der Waals surface area contributed by atoms with E-state index in [9.17, 15) is 13.2 Å². The van der Waals surface area contributed by atoms with Crippen molar-refractivity contribution >= 4 is 45.0 Å². The van der Waals surface area contributed by atoms with Crippen molar-refractivity contribution in [2.75, 3.05) is 22.9 Å². The lowest BCUT2D eigenvalue weighted by molar-refractivity contribution is -0.121. The first-order chi connectivity index (χ1) is 13.2. The molecule has 0 heterocycles. The van der Waals surface area contributed by atoms with E-state index in [0.717, 1.165) is 27.4 Å². The second kappa shape index (κ2) is 10.2. The highest BCUT2D eigenvalue weighted by atomic mass is 35.5. The summed E-state index contributed by atoms with van der Waals surface area (Å²) < 4.78 is 25.7. The minimum absolute atomic E-state index is 0.324. The van der Waals surface area contributed by atoms with Crippen LogP contribution in [0, 0.1) is 6.92 Å². The number of rotatable bonds is 9. The number of amides is 1. The first kappa shape index (κ1) is 22.6. The molecule has 0 radical (unpaired) electrons. The number of carbonyl (C=O) groups excluding carboxylic acids is 1.